The highest BCUT2D eigenvalue weighted by molar-refractivity contribution is 5.95. The van der Waals surface area contributed by atoms with E-state index in [9.17, 15) is 19.5 Å². The largest absolute Gasteiger partial charge is 0.403 e. The molecule has 3 fully saturated rings. The highest BCUT2D eigenvalue weighted by Gasteiger charge is 2.50. The van der Waals surface area contributed by atoms with Gasteiger partial charge in [-0.25, -0.2) is 0 Å². The predicted molar refractivity (Wildman–Crippen MR) is 124 cm³/mol. The first kappa shape index (κ1) is 21.8. The zero-order valence-electron chi connectivity index (χ0n) is 19.1. The van der Waals surface area contributed by atoms with E-state index in [4.69, 9.17) is 9.26 Å². The monoisotopic (exact) mass is 475 g/mol. The van der Waals surface area contributed by atoms with E-state index in [1.54, 1.807) is 21.9 Å². The van der Waals surface area contributed by atoms with Gasteiger partial charge in [0.15, 0.2) is 5.58 Å². The first-order valence-corrected chi connectivity index (χ1v) is 11.9. The minimum atomic E-state index is -1.17. The van der Waals surface area contributed by atoms with Crippen LogP contribution >= 0.6 is 0 Å². The normalized spacial score (nSPS) is 19.0. The number of carbonyl (C=O) groups excluding carboxylic acids is 3. The number of hydrogen-bond acceptors (Lipinski definition) is 7. The van der Waals surface area contributed by atoms with Crippen molar-refractivity contribution in [3.8, 4) is 17.0 Å². The van der Waals surface area contributed by atoms with Gasteiger partial charge in [0, 0.05) is 31.7 Å². The Labute approximate surface area is 201 Å². The molecule has 3 aliphatic rings. The Morgan fingerprint density at radius 3 is 2.26 bits per heavy atom. The number of aliphatic hydroxyl groups is 1. The number of rotatable bonds is 5. The van der Waals surface area contributed by atoms with Crippen LogP contribution < -0.4 is 4.74 Å². The van der Waals surface area contributed by atoms with Crippen molar-refractivity contribution in [1.29, 1.82) is 0 Å². The highest BCUT2D eigenvalue weighted by Crippen LogP contribution is 2.37. The second kappa shape index (κ2) is 8.20. The van der Waals surface area contributed by atoms with Crippen LogP contribution in [0, 0.1) is 5.92 Å². The maximum atomic E-state index is 13.0. The standard InChI is InChI=1S/C26H25N3O6/c30-23(28-11-13-29(14-12-28)25(32)26(33)9-10-26)17-3-1-16(2-4-17)19-7-8-20-21(15-19)35-27-22(20)34-24(31)18-5-6-18/h1-4,7-8,15,18,33H,5-6,9-14H2. The predicted octanol–water partition coefficient (Wildman–Crippen LogP) is 2.62. The Kier molecular flexibility index (Phi) is 5.10. The number of benzene rings is 2. The summed E-state index contributed by atoms with van der Waals surface area (Å²) in [6.45, 7) is 1.75. The van der Waals surface area contributed by atoms with Crippen molar-refractivity contribution in [2.45, 2.75) is 31.3 Å². The van der Waals surface area contributed by atoms with Gasteiger partial charge in [0.05, 0.1) is 11.3 Å². The zero-order chi connectivity index (χ0) is 24.2. The Morgan fingerprint density at radius 2 is 1.60 bits per heavy atom. The van der Waals surface area contributed by atoms with Crippen LogP contribution in [0.5, 0.6) is 5.88 Å². The zero-order valence-corrected chi connectivity index (χ0v) is 19.1. The summed E-state index contributed by atoms with van der Waals surface area (Å²) in [6.07, 6.45) is 2.76. The summed E-state index contributed by atoms with van der Waals surface area (Å²) in [5, 5.41) is 14.6. The van der Waals surface area contributed by atoms with Gasteiger partial charge in [-0.2, -0.15) is 0 Å². The number of hydrogen-bond donors (Lipinski definition) is 1. The molecule has 6 rings (SSSR count). The van der Waals surface area contributed by atoms with E-state index in [2.05, 4.69) is 5.16 Å². The summed E-state index contributed by atoms with van der Waals surface area (Å²) >= 11 is 0. The number of ether oxygens (including phenoxy) is 1. The van der Waals surface area contributed by atoms with Crippen molar-refractivity contribution in [3.05, 3.63) is 48.0 Å². The van der Waals surface area contributed by atoms with Crippen LogP contribution in [0.4, 0.5) is 0 Å². The van der Waals surface area contributed by atoms with Crippen molar-refractivity contribution in [1.82, 2.24) is 15.0 Å². The Hall–Kier alpha value is -3.72. The summed E-state index contributed by atoms with van der Waals surface area (Å²) in [5.41, 5.74) is 1.72. The first-order valence-electron chi connectivity index (χ1n) is 11.9. The summed E-state index contributed by atoms with van der Waals surface area (Å²) in [4.78, 5) is 40.6. The summed E-state index contributed by atoms with van der Waals surface area (Å²) < 4.78 is 10.7. The van der Waals surface area contributed by atoms with Crippen molar-refractivity contribution in [2.75, 3.05) is 26.2 Å². The van der Waals surface area contributed by atoms with Gasteiger partial charge in [-0.1, -0.05) is 18.2 Å². The van der Waals surface area contributed by atoms with Crippen LogP contribution in [0.3, 0.4) is 0 Å². The van der Waals surface area contributed by atoms with Gasteiger partial charge in [0.1, 0.15) is 5.60 Å². The quantitative estimate of drug-likeness (QED) is 0.565. The second-order valence-corrected chi connectivity index (χ2v) is 9.59. The minimum Gasteiger partial charge on any atom is -0.403 e. The Morgan fingerprint density at radius 1 is 0.943 bits per heavy atom. The van der Waals surface area contributed by atoms with Crippen molar-refractivity contribution >= 4 is 28.8 Å². The van der Waals surface area contributed by atoms with Gasteiger partial charge in [0.2, 0.25) is 0 Å². The van der Waals surface area contributed by atoms with Crippen LogP contribution in [0.2, 0.25) is 0 Å². The molecule has 0 atom stereocenters. The molecule has 1 aromatic heterocycles. The minimum absolute atomic E-state index is 0.0241. The van der Waals surface area contributed by atoms with E-state index in [-0.39, 0.29) is 29.6 Å². The van der Waals surface area contributed by atoms with Crippen molar-refractivity contribution in [2.24, 2.45) is 5.92 Å². The number of carbonyl (C=O) groups is 3. The molecule has 0 bridgehead atoms. The van der Waals surface area contributed by atoms with Gasteiger partial charge in [-0.15, -0.1) is 0 Å². The lowest BCUT2D eigenvalue weighted by Gasteiger charge is -2.35. The average molecular weight is 476 g/mol. The fraction of sp³-hybridized carbons (Fsp3) is 0.385. The third kappa shape index (κ3) is 4.16. The molecular formula is C26H25N3O6. The molecular weight excluding hydrogens is 450 g/mol. The van der Waals surface area contributed by atoms with Gasteiger partial charge in [-0.05, 0) is 66.2 Å². The number of nitrogens with zero attached hydrogens (tertiary/aromatic N) is 3. The van der Waals surface area contributed by atoms with E-state index in [1.807, 2.05) is 30.3 Å². The molecule has 9 nitrogen and oxygen atoms in total. The molecule has 3 aromatic rings. The summed E-state index contributed by atoms with van der Waals surface area (Å²) in [6, 6.07) is 12.9. The third-order valence-electron chi connectivity index (χ3n) is 6.99. The number of aromatic nitrogens is 1. The SMILES string of the molecule is O=C(Oc1noc2cc(-c3ccc(C(=O)N4CCN(C(=O)C5(O)CC5)CC4)cc3)ccc12)C1CC1. The summed E-state index contributed by atoms with van der Waals surface area (Å²) in [5.74, 6) is -0.397. The van der Waals surface area contributed by atoms with Crippen LogP contribution in [-0.2, 0) is 9.59 Å². The molecule has 9 heteroatoms. The van der Waals surface area contributed by atoms with E-state index >= 15 is 0 Å². The molecule has 1 N–H and O–H groups in total. The van der Waals surface area contributed by atoms with Crippen molar-refractivity contribution in [3.63, 3.8) is 0 Å². The van der Waals surface area contributed by atoms with Crippen molar-refractivity contribution < 1.29 is 28.8 Å². The smallest absolute Gasteiger partial charge is 0.315 e. The van der Waals surface area contributed by atoms with Crippen LogP contribution in [0.15, 0.2) is 47.0 Å². The molecule has 180 valence electrons. The Balaban J connectivity index is 1.11. The average Bonchev–Trinajstić information content (AvgIpc) is 3.83. The second-order valence-electron chi connectivity index (χ2n) is 9.59. The van der Waals surface area contributed by atoms with E-state index < -0.39 is 5.60 Å². The Bertz CT molecular complexity index is 1310. The van der Waals surface area contributed by atoms with Gasteiger partial charge < -0.3 is 24.2 Å². The molecule has 1 saturated heterocycles. The summed E-state index contributed by atoms with van der Waals surface area (Å²) in [7, 11) is 0. The maximum Gasteiger partial charge on any atom is 0.315 e. The maximum absolute atomic E-state index is 13.0. The number of amides is 2. The lowest BCUT2D eigenvalue weighted by molar-refractivity contribution is -0.144. The fourth-order valence-electron chi connectivity index (χ4n) is 4.39. The fourth-order valence-corrected chi connectivity index (χ4v) is 4.39. The number of piperazine rings is 1. The van der Waals surface area contributed by atoms with Crippen LogP contribution in [0.25, 0.3) is 22.1 Å². The molecule has 2 aliphatic carbocycles. The van der Waals surface area contributed by atoms with E-state index in [1.165, 1.54) is 0 Å². The molecule has 2 saturated carbocycles. The molecule has 0 radical (unpaired) electrons. The van der Waals surface area contributed by atoms with E-state index in [0.717, 1.165) is 24.0 Å². The van der Waals surface area contributed by atoms with Gasteiger partial charge in [0.25, 0.3) is 17.7 Å². The highest BCUT2D eigenvalue weighted by atomic mass is 16.6. The van der Waals surface area contributed by atoms with Crippen LogP contribution in [-0.4, -0.2) is 69.6 Å². The lowest BCUT2D eigenvalue weighted by Crippen LogP contribution is -2.53. The molecule has 2 aromatic carbocycles. The number of esters is 1. The first-order chi connectivity index (χ1) is 16.9. The number of fused-ring (bicyclic) bond motifs is 1. The molecule has 0 spiro atoms. The molecule has 35 heavy (non-hydrogen) atoms. The van der Waals surface area contributed by atoms with Gasteiger partial charge in [-0.3, -0.25) is 14.4 Å². The third-order valence-corrected chi connectivity index (χ3v) is 6.99. The molecule has 2 amide bonds. The molecule has 2 heterocycles. The molecule has 1 aliphatic heterocycles. The topological polar surface area (TPSA) is 113 Å². The lowest BCUT2D eigenvalue weighted by atomic mass is 10.0. The van der Waals surface area contributed by atoms with E-state index in [0.29, 0.717) is 55.6 Å². The van der Waals surface area contributed by atoms with Crippen LogP contribution in [0.1, 0.15) is 36.0 Å². The molecule has 0 unspecified atom stereocenters. The van der Waals surface area contributed by atoms with Gasteiger partial charge >= 0.3 is 5.97 Å².